The van der Waals surface area contributed by atoms with E-state index in [1.807, 2.05) is 26.0 Å². The number of aromatic hydroxyl groups is 1. The number of ketones is 1. The first kappa shape index (κ1) is 25.5. The number of fused-ring (bicyclic) bond motifs is 1. The zero-order valence-electron chi connectivity index (χ0n) is 21.3. The Bertz CT molecular complexity index is 1250. The van der Waals surface area contributed by atoms with E-state index in [0.717, 1.165) is 11.3 Å². The van der Waals surface area contributed by atoms with Crippen LogP contribution >= 0.6 is 11.3 Å². The van der Waals surface area contributed by atoms with Gasteiger partial charge in [0.1, 0.15) is 6.33 Å². The van der Waals surface area contributed by atoms with E-state index < -0.39 is 14.2 Å². The summed E-state index contributed by atoms with van der Waals surface area (Å²) >= 11 is 1.23. The zero-order chi connectivity index (χ0) is 25.7. The number of rotatable bonds is 8. The summed E-state index contributed by atoms with van der Waals surface area (Å²) in [6.45, 7) is 14.7. The summed E-state index contributed by atoms with van der Waals surface area (Å²) in [7, 11) is -2.08. The summed E-state index contributed by atoms with van der Waals surface area (Å²) in [5.74, 6) is -1.07. The predicted molar refractivity (Wildman–Crippen MR) is 138 cm³/mol. The molecule has 1 unspecified atom stereocenters. The maximum atomic E-state index is 13.8. The van der Waals surface area contributed by atoms with Gasteiger partial charge in [-0.1, -0.05) is 33.8 Å². The van der Waals surface area contributed by atoms with Crippen molar-refractivity contribution in [2.75, 3.05) is 0 Å². The third-order valence-corrected chi connectivity index (χ3v) is 13.3. The van der Waals surface area contributed by atoms with E-state index in [2.05, 4.69) is 49.1 Å². The summed E-state index contributed by atoms with van der Waals surface area (Å²) in [5, 5.41) is 13.2. The minimum atomic E-state index is -2.08. The number of imidazole rings is 1. The molecule has 3 aromatic rings. The summed E-state index contributed by atoms with van der Waals surface area (Å²) in [4.78, 5) is 35.7. The van der Waals surface area contributed by atoms with Crippen molar-refractivity contribution in [3.8, 4) is 5.88 Å². The largest absolute Gasteiger partial charge is 0.491 e. The number of thiazole rings is 1. The van der Waals surface area contributed by atoms with Crippen LogP contribution in [0, 0.1) is 11.8 Å². The number of β-lactam (4-membered cyclic amide) rings is 1. The quantitative estimate of drug-likeness (QED) is 0.262. The van der Waals surface area contributed by atoms with Crippen molar-refractivity contribution in [1.29, 1.82) is 0 Å². The molecule has 1 amide bonds. The lowest BCUT2D eigenvalue weighted by Crippen LogP contribution is -2.66. The standard InChI is InChI=1S/C25H34N4O4SSi/c1-14(19-18(22(31)28-19)15(2)33-35(6,7)25(3,4)5)20(30)21-17(11-16-9-8-10-26-12-16)29-13-27-23(32)24(29)34-21/h8-10,12-15,18-19,32H,11H2,1-7H3,(H,28,31)/t14?,15-,18-,19-/m1/s1. The number of hydrogen-bond acceptors (Lipinski definition) is 7. The Labute approximate surface area is 210 Å². The van der Waals surface area contributed by atoms with Crippen LogP contribution < -0.4 is 5.32 Å². The van der Waals surface area contributed by atoms with E-state index in [-0.39, 0.29) is 40.7 Å². The van der Waals surface area contributed by atoms with E-state index in [0.29, 0.717) is 16.1 Å². The van der Waals surface area contributed by atoms with Crippen molar-refractivity contribution in [2.24, 2.45) is 11.8 Å². The number of hydrogen-bond donors (Lipinski definition) is 2. The number of pyridine rings is 1. The Kier molecular flexibility index (Phi) is 6.67. The van der Waals surface area contributed by atoms with Gasteiger partial charge in [0.15, 0.2) is 18.9 Å². The lowest BCUT2D eigenvalue weighted by molar-refractivity contribution is -0.141. The number of aromatic nitrogens is 3. The molecule has 0 aromatic carbocycles. The smallest absolute Gasteiger partial charge is 0.248 e. The summed E-state index contributed by atoms with van der Waals surface area (Å²) < 4.78 is 8.28. The fraction of sp³-hybridized carbons (Fsp3) is 0.520. The molecule has 3 aromatic heterocycles. The second-order valence-corrected chi connectivity index (χ2v) is 16.7. The molecule has 10 heteroatoms. The van der Waals surface area contributed by atoms with Crippen LogP contribution in [0.25, 0.3) is 4.83 Å². The molecule has 35 heavy (non-hydrogen) atoms. The topological polar surface area (TPSA) is 106 Å². The van der Waals surface area contributed by atoms with Gasteiger partial charge in [-0.25, -0.2) is 4.98 Å². The van der Waals surface area contributed by atoms with Crippen LogP contribution in [0.3, 0.4) is 0 Å². The molecule has 4 atom stereocenters. The Balaban J connectivity index is 1.60. The first-order valence-electron chi connectivity index (χ1n) is 11.9. The molecular formula is C25H34N4O4SSi. The van der Waals surface area contributed by atoms with Crippen molar-refractivity contribution in [2.45, 2.75) is 71.3 Å². The summed E-state index contributed by atoms with van der Waals surface area (Å²) in [5.41, 5.74) is 1.71. The second kappa shape index (κ2) is 9.14. The van der Waals surface area contributed by atoms with Gasteiger partial charge in [-0.15, -0.1) is 11.3 Å². The molecule has 2 N–H and O–H groups in total. The molecule has 0 aliphatic carbocycles. The van der Waals surface area contributed by atoms with E-state index in [1.165, 1.54) is 17.7 Å². The van der Waals surface area contributed by atoms with Crippen LogP contribution in [0.1, 0.15) is 55.5 Å². The fourth-order valence-corrected chi connectivity index (χ4v) is 6.97. The van der Waals surface area contributed by atoms with Gasteiger partial charge in [-0.2, -0.15) is 0 Å². The normalized spacial score (nSPS) is 20.4. The summed E-state index contributed by atoms with van der Waals surface area (Å²) in [6, 6.07) is 3.49. The first-order valence-corrected chi connectivity index (χ1v) is 15.6. The molecule has 4 rings (SSSR count). The average Bonchev–Trinajstić information content (AvgIpc) is 3.30. The van der Waals surface area contributed by atoms with Gasteiger partial charge in [0.25, 0.3) is 0 Å². The van der Waals surface area contributed by atoms with E-state index >= 15 is 0 Å². The lowest BCUT2D eigenvalue weighted by Gasteiger charge is -2.46. The maximum absolute atomic E-state index is 13.8. The highest BCUT2D eigenvalue weighted by Crippen LogP contribution is 2.40. The molecule has 0 saturated carbocycles. The first-order chi connectivity index (χ1) is 16.3. The Morgan fingerprint density at radius 3 is 2.66 bits per heavy atom. The van der Waals surface area contributed by atoms with E-state index in [1.54, 1.807) is 16.8 Å². The van der Waals surface area contributed by atoms with Crippen molar-refractivity contribution < 1.29 is 19.1 Å². The van der Waals surface area contributed by atoms with Crippen LogP contribution in [-0.4, -0.2) is 51.6 Å². The average molecular weight is 515 g/mol. The molecule has 4 heterocycles. The number of nitrogens with one attached hydrogen (secondary N) is 1. The van der Waals surface area contributed by atoms with Gasteiger partial charge < -0.3 is 14.8 Å². The number of amides is 1. The Hall–Kier alpha value is -2.56. The van der Waals surface area contributed by atoms with Gasteiger partial charge in [-0.05, 0) is 36.7 Å². The molecule has 1 aliphatic heterocycles. The maximum Gasteiger partial charge on any atom is 0.248 e. The Morgan fingerprint density at radius 1 is 1.34 bits per heavy atom. The van der Waals surface area contributed by atoms with Crippen molar-refractivity contribution in [3.63, 3.8) is 0 Å². The minimum absolute atomic E-state index is 0.0222. The summed E-state index contributed by atoms with van der Waals surface area (Å²) in [6.07, 6.45) is 5.20. The number of Topliss-reactive ketones (excluding diaryl/α,β-unsaturated/α-hetero) is 1. The zero-order valence-corrected chi connectivity index (χ0v) is 23.1. The van der Waals surface area contributed by atoms with Gasteiger partial charge in [0.2, 0.25) is 11.8 Å². The lowest BCUT2D eigenvalue weighted by atomic mass is 9.77. The fourth-order valence-electron chi connectivity index (χ4n) is 4.38. The van der Waals surface area contributed by atoms with E-state index in [4.69, 9.17) is 4.43 Å². The number of carbonyl (C=O) groups excluding carboxylic acids is 2. The molecule has 1 saturated heterocycles. The van der Waals surface area contributed by atoms with Crippen LogP contribution in [0.15, 0.2) is 30.9 Å². The molecule has 0 spiro atoms. The molecule has 0 radical (unpaired) electrons. The number of carbonyl (C=O) groups is 2. The van der Waals surface area contributed by atoms with Crippen LogP contribution in [-0.2, 0) is 15.6 Å². The second-order valence-electron chi connectivity index (χ2n) is 11.0. The molecule has 0 bridgehead atoms. The van der Waals surface area contributed by atoms with Crippen molar-refractivity contribution >= 4 is 36.2 Å². The van der Waals surface area contributed by atoms with Crippen LogP contribution in [0.2, 0.25) is 18.1 Å². The third-order valence-electron chi connectivity index (χ3n) is 7.52. The van der Waals surface area contributed by atoms with Crippen molar-refractivity contribution in [3.05, 3.63) is 47.0 Å². The highest BCUT2D eigenvalue weighted by molar-refractivity contribution is 7.19. The highest BCUT2D eigenvalue weighted by atomic mass is 32.1. The molecule has 1 fully saturated rings. The predicted octanol–water partition coefficient (Wildman–Crippen LogP) is 4.43. The third kappa shape index (κ3) is 4.66. The van der Waals surface area contributed by atoms with Crippen molar-refractivity contribution in [1.82, 2.24) is 19.7 Å². The van der Waals surface area contributed by atoms with Gasteiger partial charge in [0, 0.05) is 24.7 Å². The van der Waals surface area contributed by atoms with Gasteiger partial charge in [-0.3, -0.25) is 19.0 Å². The van der Waals surface area contributed by atoms with E-state index in [9.17, 15) is 14.7 Å². The van der Waals surface area contributed by atoms with Crippen LogP contribution in [0.4, 0.5) is 0 Å². The van der Waals surface area contributed by atoms with Gasteiger partial charge in [0.05, 0.1) is 28.6 Å². The molecule has 188 valence electrons. The Morgan fingerprint density at radius 2 is 2.06 bits per heavy atom. The van der Waals surface area contributed by atoms with Gasteiger partial charge >= 0.3 is 0 Å². The molecular weight excluding hydrogens is 480 g/mol. The monoisotopic (exact) mass is 514 g/mol. The highest BCUT2D eigenvalue weighted by Gasteiger charge is 2.50. The van der Waals surface area contributed by atoms with Crippen LogP contribution in [0.5, 0.6) is 5.88 Å². The number of nitrogens with zero attached hydrogens (tertiary/aromatic N) is 3. The molecule has 8 nitrogen and oxygen atoms in total. The molecule has 1 aliphatic rings. The SMILES string of the molecule is CC(C(=O)c1sc2c(O)ncn2c1Cc1cccnc1)[C@H]1NC(=O)[C@@H]1[C@@H](C)O[Si](C)(C)C(C)(C)C. The minimum Gasteiger partial charge on any atom is -0.491 e.